The summed E-state index contributed by atoms with van der Waals surface area (Å²) in [5, 5.41) is 2.86. The van der Waals surface area contributed by atoms with Gasteiger partial charge in [0.05, 0.1) is 10.6 Å². The first kappa shape index (κ1) is 29.9. The van der Waals surface area contributed by atoms with E-state index >= 15 is 0 Å². The quantitative estimate of drug-likeness (QED) is 0.354. The molecule has 0 spiro atoms. The van der Waals surface area contributed by atoms with E-state index in [0.29, 0.717) is 5.69 Å². The number of hydrogen-bond donors (Lipinski definition) is 1. The zero-order valence-electron chi connectivity index (χ0n) is 23.6. The van der Waals surface area contributed by atoms with Gasteiger partial charge in [0.1, 0.15) is 12.6 Å². The van der Waals surface area contributed by atoms with E-state index in [1.165, 1.54) is 4.90 Å². The molecular weight excluding hydrogens is 510 g/mol. The molecule has 0 aromatic heterocycles. The van der Waals surface area contributed by atoms with Gasteiger partial charge in [-0.1, -0.05) is 74.0 Å². The molecule has 8 heteroatoms. The van der Waals surface area contributed by atoms with Crippen LogP contribution >= 0.6 is 0 Å². The Bertz CT molecular complexity index is 1350. The summed E-state index contributed by atoms with van der Waals surface area (Å²) in [6.45, 7) is 11.1. The molecule has 39 heavy (non-hydrogen) atoms. The second-order valence-electron chi connectivity index (χ2n) is 10.4. The van der Waals surface area contributed by atoms with Crippen molar-refractivity contribution < 1.29 is 18.0 Å². The van der Waals surface area contributed by atoms with Crippen LogP contribution in [0.4, 0.5) is 5.69 Å². The van der Waals surface area contributed by atoms with Gasteiger partial charge >= 0.3 is 0 Å². The van der Waals surface area contributed by atoms with Crippen LogP contribution in [0.5, 0.6) is 0 Å². The maximum atomic E-state index is 13.9. The van der Waals surface area contributed by atoms with E-state index in [1.54, 1.807) is 43.3 Å². The molecule has 0 saturated heterocycles. The predicted molar refractivity (Wildman–Crippen MR) is 156 cm³/mol. The summed E-state index contributed by atoms with van der Waals surface area (Å²) in [6, 6.07) is 22.2. The Morgan fingerprint density at radius 3 is 1.95 bits per heavy atom. The number of amides is 2. The second-order valence-corrected chi connectivity index (χ2v) is 12.3. The van der Waals surface area contributed by atoms with Crippen molar-refractivity contribution in [3.8, 4) is 0 Å². The predicted octanol–water partition coefficient (Wildman–Crippen LogP) is 5.26. The van der Waals surface area contributed by atoms with Gasteiger partial charge in [-0.05, 0) is 69.0 Å². The molecule has 0 bridgehead atoms. The van der Waals surface area contributed by atoms with Gasteiger partial charge in [0.2, 0.25) is 11.8 Å². The lowest BCUT2D eigenvalue weighted by atomic mass is 10.0. The van der Waals surface area contributed by atoms with E-state index in [4.69, 9.17) is 0 Å². The Labute approximate surface area is 232 Å². The first-order chi connectivity index (χ1) is 18.4. The molecule has 7 nitrogen and oxygen atoms in total. The monoisotopic (exact) mass is 549 g/mol. The van der Waals surface area contributed by atoms with Crippen molar-refractivity contribution in [1.29, 1.82) is 0 Å². The highest BCUT2D eigenvalue weighted by atomic mass is 32.2. The number of nitrogens with one attached hydrogen (secondary N) is 1. The third kappa shape index (κ3) is 7.69. The zero-order chi connectivity index (χ0) is 28.7. The number of hydrogen-bond acceptors (Lipinski definition) is 4. The van der Waals surface area contributed by atoms with E-state index in [-0.39, 0.29) is 29.3 Å². The molecule has 0 heterocycles. The van der Waals surface area contributed by atoms with Crippen molar-refractivity contribution in [1.82, 2.24) is 10.2 Å². The van der Waals surface area contributed by atoms with Gasteiger partial charge in [0.25, 0.3) is 10.0 Å². The molecule has 0 fully saturated rings. The summed E-state index contributed by atoms with van der Waals surface area (Å²) in [5.74, 6) is -0.512. The lowest BCUT2D eigenvalue weighted by Crippen LogP contribution is -2.52. The minimum Gasteiger partial charge on any atom is -0.352 e. The molecule has 208 valence electrons. The summed E-state index contributed by atoms with van der Waals surface area (Å²) in [6.07, 6.45) is 0. The van der Waals surface area contributed by atoms with Crippen LogP contribution in [0.25, 0.3) is 0 Å². The highest BCUT2D eigenvalue weighted by molar-refractivity contribution is 7.92. The van der Waals surface area contributed by atoms with Crippen LogP contribution in [0.15, 0.2) is 83.8 Å². The molecule has 1 N–H and O–H groups in total. The first-order valence-electron chi connectivity index (χ1n) is 13.2. The molecular formula is C31H39N3O4S. The third-order valence-electron chi connectivity index (χ3n) is 6.53. The normalized spacial score (nSPS) is 12.3. The van der Waals surface area contributed by atoms with Crippen LogP contribution in [0, 0.1) is 6.92 Å². The lowest BCUT2D eigenvalue weighted by molar-refractivity contribution is -0.139. The van der Waals surface area contributed by atoms with E-state index in [9.17, 15) is 18.0 Å². The molecule has 3 rings (SSSR count). The fourth-order valence-corrected chi connectivity index (χ4v) is 5.57. The van der Waals surface area contributed by atoms with Crippen molar-refractivity contribution in [2.45, 2.75) is 71.0 Å². The topological polar surface area (TPSA) is 86.8 Å². The molecule has 1 unspecified atom stereocenters. The van der Waals surface area contributed by atoms with Crippen LogP contribution in [-0.4, -0.2) is 43.8 Å². The molecule has 3 aromatic rings. The number of rotatable bonds is 11. The van der Waals surface area contributed by atoms with Gasteiger partial charge in [-0.25, -0.2) is 8.42 Å². The zero-order valence-corrected chi connectivity index (χ0v) is 24.4. The highest BCUT2D eigenvalue weighted by Gasteiger charge is 2.32. The second kappa shape index (κ2) is 12.9. The highest BCUT2D eigenvalue weighted by Crippen LogP contribution is 2.27. The number of carbonyl (C=O) groups is 2. The van der Waals surface area contributed by atoms with Crippen LogP contribution in [0.2, 0.25) is 0 Å². The van der Waals surface area contributed by atoms with E-state index < -0.39 is 28.5 Å². The Hall–Kier alpha value is -3.65. The minimum absolute atomic E-state index is 0.0917. The number of aryl methyl sites for hydroxylation is 1. The van der Waals surface area contributed by atoms with E-state index in [0.717, 1.165) is 21.0 Å². The largest absolute Gasteiger partial charge is 0.352 e. The van der Waals surface area contributed by atoms with Crippen molar-refractivity contribution in [3.05, 3.63) is 95.6 Å². The average Bonchev–Trinajstić information content (AvgIpc) is 2.90. The maximum absolute atomic E-state index is 13.9. The van der Waals surface area contributed by atoms with Crippen molar-refractivity contribution in [2.24, 2.45) is 0 Å². The lowest BCUT2D eigenvalue weighted by Gasteiger charge is -2.32. The molecule has 0 radical (unpaired) electrons. The Kier molecular flexibility index (Phi) is 9.92. The number of sulfonamides is 1. The van der Waals surface area contributed by atoms with E-state index in [2.05, 4.69) is 19.2 Å². The van der Waals surface area contributed by atoms with Crippen LogP contribution in [-0.2, 0) is 26.2 Å². The van der Waals surface area contributed by atoms with Gasteiger partial charge in [-0.2, -0.15) is 0 Å². The Balaban J connectivity index is 2.03. The fourth-order valence-electron chi connectivity index (χ4n) is 4.16. The molecule has 3 aromatic carbocycles. The third-order valence-corrected chi connectivity index (χ3v) is 8.32. The van der Waals surface area contributed by atoms with E-state index in [1.807, 2.05) is 63.2 Å². The SMILES string of the molecule is Cc1ccc(S(=O)(=O)N(CC(=O)N(Cc2ccccc2)C(C)C(=O)NC(C)C)c2ccc(C(C)C)cc2)cc1. The molecule has 2 amide bonds. The average molecular weight is 550 g/mol. The van der Waals surface area contributed by atoms with Crippen LogP contribution < -0.4 is 9.62 Å². The fraction of sp³-hybridized carbons (Fsp3) is 0.355. The van der Waals surface area contributed by atoms with Crippen molar-refractivity contribution >= 4 is 27.5 Å². The van der Waals surface area contributed by atoms with Crippen LogP contribution in [0.1, 0.15) is 57.2 Å². The summed E-state index contributed by atoms with van der Waals surface area (Å²) in [4.78, 5) is 28.4. The summed E-state index contributed by atoms with van der Waals surface area (Å²) < 4.78 is 28.9. The molecule has 1 atom stereocenters. The first-order valence-corrected chi connectivity index (χ1v) is 14.7. The summed E-state index contributed by atoms with van der Waals surface area (Å²) in [5.41, 5.74) is 3.20. The smallest absolute Gasteiger partial charge is 0.264 e. The molecule has 0 aliphatic carbocycles. The summed E-state index contributed by atoms with van der Waals surface area (Å²) in [7, 11) is -4.09. The number of anilines is 1. The van der Waals surface area contributed by atoms with Gasteiger partial charge in [-0.15, -0.1) is 0 Å². The minimum atomic E-state index is -4.09. The molecule has 0 aliphatic rings. The summed E-state index contributed by atoms with van der Waals surface area (Å²) >= 11 is 0. The number of nitrogens with zero attached hydrogens (tertiary/aromatic N) is 2. The molecule has 0 saturated carbocycles. The number of benzene rings is 3. The number of carbonyl (C=O) groups excluding carboxylic acids is 2. The standard InChI is InChI=1S/C31H39N3O4S/c1-22(2)27-14-16-28(17-15-27)34(39(37,38)29-18-12-24(5)13-19-29)21-30(35)33(20-26-10-8-7-9-11-26)25(6)31(36)32-23(3)4/h7-19,22-23,25H,20-21H2,1-6H3,(H,32,36). The van der Waals surface area contributed by atoms with Crippen molar-refractivity contribution in [2.75, 3.05) is 10.8 Å². The maximum Gasteiger partial charge on any atom is 0.264 e. The van der Waals surface area contributed by atoms with Gasteiger partial charge in [-0.3, -0.25) is 13.9 Å². The van der Waals surface area contributed by atoms with Gasteiger partial charge in [0.15, 0.2) is 0 Å². The van der Waals surface area contributed by atoms with Gasteiger partial charge in [0, 0.05) is 12.6 Å². The Morgan fingerprint density at radius 2 is 1.41 bits per heavy atom. The van der Waals surface area contributed by atoms with Crippen molar-refractivity contribution in [3.63, 3.8) is 0 Å². The Morgan fingerprint density at radius 1 is 0.821 bits per heavy atom. The van der Waals surface area contributed by atoms with Gasteiger partial charge < -0.3 is 10.2 Å². The molecule has 0 aliphatic heterocycles. The van der Waals surface area contributed by atoms with Crippen LogP contribution in [0.3, 0.4) is 0 Å².